The Morgan fingerprint density at radius 1 is 1.50 bits per heavy atom. The Bertz CT molecular complexity index is 675. The summed E-state index contributed by atoms with van der Waals surface area (Å²) in [6, 6.07) is 4.91. The fourth-order valence-corrected chi connectivity index (χ4v) is 2.21. The lowest BCUT2D eigenvalue weighted by Crippen LogP contribution is -1.95. The molecule has 4 nitrogen and oxygen atoms in total. The number of aromatic hydroxyl groups is 1. The lowest BCUT2D eigenvalue weighted by atomic mass is 10.1. The molecule has 0 radical (unpaired) electrons. The van der Waals surface area contributed by atoms with Crippen molar-refractivity contribution in [3.8, 4) is 5.75 Å². The van der Waals surface area contributed by atoms with Gasteiger partial charge in [-0.05, 0) is 49.8 Å². The van der Waals surface area contributed by atoms with E-state index in [9.17, 15) is 9.90 Å². The zero-order valence-electron chi connectivity index (χ0n) is 11.3. The second kappa shape index (κ2) is 6.05. The van der Waals surface area contributed by atoms with Crippen LogP contribution in [0.1, 0.15) is 28.5 Å². The minimum absolute atomic E-state index is 0.0996. The van der Waals surface area contributed by atoms with E-state index < -0.39 is 0 Å². The van der Waals surface area contributed by atoms with Gasteiger partial charge in [0.15, 0.2) is 5.78 Å². The first-order valence-corrected chi connectivity index (χ1v) is 7.05. The van der Waals surface area contributed by atoms with Gasteiger partial charge in [-0.1, -0.05) is 15.9 Å². The fraction of sp³-hybridized carbons (Fsp3) is 0.200. The molecule has 2 aromatic rings. The van der Waals surface area contributed by atoms with Crippen LogP contribution in [0.4, 0.5) is 0 Å². The predicted octanol–water partition coefficient (Wildman–Crippen LogP) is 3.58. The standard InChI is InChI=1S/C15H15BrN2O2/c1-3-18-9-13(10(2)17-18)15(20)7-4-11-8-12(19)5-6-14(11)16/h4-9,19H,3H2,1-2H3/b7-4-. The molecule has 0 aliphatic carbocycles. The Kier molecular flexibility index (Phi) is 4.39. The van der Waals surface area contributed by atoms with E-state index in [4.69, 9.17) is 0 Å². The molecule has 0 spiro atoms. The summed E-state index contributed by atoms with van der Waals surface area (Å²) in [6.45, 7) is 4.52. The number of allylic oxidation sites excluding steroid dienone is 1. The summed E-state index contributed by atoms with van der Waals surface area (Å²) in [7, 11) is 0. The van der Waals surface area contributed by atoms with Crippen molar-refractivity contribution in [3.63, 3.8) is 0 Å². The molecule has 1 heterocycles. The molecule has 2 rings (SSSR count). The molecule has 0 saturated carbocycles. The van der Waals surface area contributed by atoms with Crippen molar-refractivity contribution in [1.29, 1.82) is 0 Å². The molecule has 0 aliphatic rings. The normalized spacial score (nSPS) is 11.2. The van der Waals surface area contributed by atoms with Crippen molar-refractivity contribution >= 4 is 27.8 Å². The molecule has 0 atom stereocenters. The van der Waals surface area contributed by atoms with Gasteiger partial charge in [-0.2, -0.15) is 5.10 Å². The van der Waals surface area contributed by atoms with E-state index in [0.717, 1.165) is 22.3 Å². The van der Waals surface area contributed by atoms with Crippen molar-refractivity contribution in [3.05, 3.63) is 51.8 Å². The van der Waals surface area contributed by atoms with Crippen LogP contribution in [0.15, 0.2) is 34.9 Å². The van der Waals surface area contributed by atoms with Gasteiger partial charge in [0, 0.05) is 17.2 Å². The van der Waals surface area contributed by atoms with Gasteiger partial charge < -0.3 is 5.11 Å². The quantitative estimate of drug-likeness (QED) is 0.686. The number of nitrogens with zero attached hydrogens (tertiary/aromatic N) is 2. The van der Waals surface area contributed by atoms with E-state index in [0.29, 0.717) is 5.56 Å². The number of ketones is 1. The molecule has 0 amide bonds. The second-order valence-electron chi connectivity index (χ2n) is 4.39. The van der Waals surface area contributed by atoms with Gasteiger partial charge in [-0.3, -0.25) is 9.48 Å². The van der Waals surface area contributed by atoms with E-state index in [-0.39, 0.29) is 11.5 Å². The summed E-state index contributed by atoms with van der Waals surface area (Å²) in [4.78, 5) is 12.1. The lowest BCUT2D eigenvalue weighted by molar-refractivity contribution is 0.104. The first-order chi connectivity index (χ1) is 9.51. The predicted molar refractivity (Wildman–Crippen MR) is 81.8 cm³/mol. The minimum Gasteiger partial charge on any atom is -0.508 e. The van der Waals surface area contributed by atoms with Crippen molar-refractivity contribution in [2.45, 2.75) is 20.4 Å². The largest absolute Gasteiger partial charge is 0.508 e. The third-order valence-corrected chi connectivity index (χ3v) is 3.65. The highest BCUT2D eigenvalue weighted by Crippen LogP contribution is 2.23. The summed E-state index contributed by atoms with van der Waals surface area (Å²) in [6.07, 6.45) is 4.91. The van der Waals surface area contributed by atoms with Crippen LogP contribution in [-0.4, -0.2) is 20.7 Å². The molecule has 0 fully saturated rings. The zero-order valence-corrected chi connectivity index (χ0v) is 12.9. The van der Waals surface area contributed by atoms with Gasteiger partial charge in [0.1, 0.15) is 5.75 Å². The number of hydrogen-bond acceptors (Lipinski definition) is 3. The average molecular weight is 335 g/mol. The molecule has 1 N–H and O–H groups in total. The van der Waals surface area contributed by atoms with Crippen molar-refractivity contribution in [2.24, 2.45) is 0 Å². The van der Waals surface area contributed by atoms with Gasteiger partial charge in [-0.25, -0.2) is 0 Å². The Morgan fingerprint density at radius 2 is 2.25 bits per heavy atom. The van der Waals surface area contributed by atoms with Crippen molar-refractivity contribution < 1.29 is 9.90 Å². The molecule has 1 aromatic carbocycles. The van der Waals surface area contributed by atoms with Crippen molar-refractivity contribution in [2.75, 3.05) is 0 Å². The van der Waals surface area contributed by atoms with E-state index in [1.807, 2.05) is 13.8 Å². The highest BCUT2D eigenvalue weighted by atomic mass is 79.9. The molecule has 104 valence electrons. The Hall–Kier alpha value is -1.88. The zero-order chi connectivity index (χ0) is 14.7. The summed E-state index contributed by atoms with van der Waals surface area (Å²) in [5.41, 5.74) is 2.06. The second-order valence-corrected chi connectivity index (χ2v) is 5.24. The fourth-order valence-electron chi connectivity index (χ4n) is 1.84. The molecule has 0 saturated heterocycles. The Balaban J connectivity index is 2.24. The third-order valence-electron chi connectivity index (χ3n) is 2.93. The van der Waals surface area contributed by atoms with Gasteiger partial charge in [0.2, 0.25) is 0 Å². The van der Waals surface area contributed by atoms with E-state index in [1.165, 1.54) is 6.08 Å². The van der Waals surface area contributed by atoms with Crippen LogP contribution in [0.25, 0.3) is 6.08 Å². The lowest BCUT2D eigenvalue weighted by Gasteiger charge is -1.99. The van der Waals surface area contributed by atoms with Gasteiger partial charge in [0.25, 0.3) is 0 Å². The van der Waals surface area contributed by atoms with Crippen LogP contribution < -0.4 is 0 Å². The first-order valence-electron chi connectivity index (χ1n) is 6.26. The number of carbonyl (C=O) groups is 1. The molecule has 0 aliphatic heterocycles. The highest BCUT2D eigenvalue weighted by Gasteiger charge is 2.10. The molecule has 0 unspecified atom stereocenters. The Labute approximate surface area is 125 Å². The molecular formula is C15H15BrN2O2. The van der Waals surface area contributed by atoms with E-state index in [2.05, 4.69) is 21.0 Å². The van der Waals surface area contributed by atoms with E-state index >= 15 is 0 Å². The molecule has 1 aromatic heterocycles. The number of rotatable bonds is 4. The number of carbonyl (C=O) groups excluding carboxylic acids is 1. The van der Waals surface area contributed by atoms with Gasteiger partial charge in [-0.15, -0.1) is 0 Å². The number of halogens is 1. The maximum Gasteiger partial charge on any atom is 0.189 e. The number of hydrogen-bond donors (Lipinski definition) is 1. The maximum atomic E-state index is 12.1. The minimum atomic E-state index is -0.0996. The Morgan fingerprint density at radius 3 is 2.90 bits per heavy atom. The smallest absolute Gasteiger partial charge is 0.189 e. The average Bonchev–Trinajstić information content (AvgIpc) is 2.81. The SMILES string of the molecule is CCn1cc(C(=O)/C=C\c2cc(O)ccc2Br)c(C)n1. The summed E-state index contributed by atoms with van der Waals surface area (Å²) >= 11 is 3.38. The number of aromatic nitrogens is 2. The summed E-state index contributed by atoms with van der Waals surface area (Å²) in [5, 5.41) is 13.7. The number of aryl methyl sites for hydroxylation is 2. The van der Waals surface area contributed by atoms with E-state index in [1.54, 1.807) is 35.2 Å². The molecule has 5 heteroatoms. The maximum absolute atomic E-state index is 12.1. The topological polar surface area (TPSA) is 55.1 Å². The molecule has 20 heavy (non-hydrogen) atoms. The molecule has 0 bridgehead atoms. The van der Waals surface area contributed by atoms with Gasteiger partial charge in [0.05, 0.1) is 11.3 Å². The third kappa shape index (κ3) is 3.17. The van der Waals surface area contributed by atoms with Crippen LogP contribution in [0.5, 0.6) is 5.75 Å². The van der Waals surface area contributed by atoms with Crippen LogP contribution >= 0.6 is 15.9 Å². The number of phenolic OH excluding ortho intramolecular Hbond substituents is 1. The van der Waals surface area contributed by atoms with Crippen LogP contribution in [0, 0.1) is 6.92 Å². The monoisotopic (exact) mass is 334 g/mol. The first kappa shape index (κ1) is 14.5. The van der Waals surface area contributed by atoms with Gasteiger partial charge >= 0.3 is 0 Å². The van der Waals surface area contributed by atoms with Crippen molar-refractivity contribution in [1.82, 2.24) is 9.78 Å². The summed E-state index contributed by atoms with van der Waals surface area (Å²) in [5.74, 6) is 0.0627. The summed E-state index contributed by atoms with van der Waals surface area (Å²) < 4.78 is 2.56. The highest BCUT2D eigenvalue weighted by molar-refractivity contribution is 9.10. The molecular weight excluding hydrogens is 320 g/mol. The van der Waals surface area contributed by atoms with Crippen LogP contribution in [0.3, 0.4) is 0 Å². The number of phenols is 1. The van der Waals surface area contributed by atoms with Crippen LogP contribution in [0.2, 0.25) is 0 Å². The number of benzene rings is 1. The van der Waals surface area contributed by atoms with Crippen LogP contribution in [-0.2, 0) is 6.54 Å².